The molecular formula is C17H19N3O3. The number of carbonyl (C=O) groups excluding carboxylic acids is 1. The molecule has 1 amide bonds. The van der Waals surface area contributed by atoms with Crippen molar-refractivity contribution < 1.29 is 14.3 Å². The van der Waals surface area contributed by atoms with E-state index in [1.54, 1.807) is 43.5 Å². The molecule has 0 saturated carbocycles. The molecular weight excluding hydrogens is 294 g/mol. The maximum Gasteiger partial charge on any atom is 0.257 e. The van der Waals surface area contributed by atoms with Crippen molar-refractivity contribution in [2.24, 2.45) is 0 Å². The third-order valence-electron chi connectivity index (χ3n) is 3.11. The molecule has 0 atom stereocenters. The number of hydrogen-bond acceptors (Lipinski definition) is 5. The zero-order valence-electron chi connectivity index (χ0n) is 13.1. The molecule has 2 N–H and O–H groups in total. The van der Waals surface area contributed by atoms with Gasteiger partial charge in [0.25, 0.3) is 5.91 Å². The summed E-state index contributed by atoms with van der Waals surface area (Å²) in [4.78, 5) is 16.5. The van der Waals surface area contributed by atoms with Gasteiger partial charge in [-0.25, -0.2) is 4.98 Å². The minimum atomic E-state index is -0.267. The zero-order valence-corrected chi connectivity index (χ0v) is 13.1. The molecule has 1 aromatic heterocycles. The van der Waals surface area contributed by atoms with Crippen LogP contribution in [0.1, 0.15) is 10.4 Å². The third kappa shape index (κ3) is 4.23. The van der Waals surface area contributed by atoms with Crippen LogP contribution in [0.15, 0.2) is 49.2 Å². The Morgan fingerprint density at radius 3 is 2.70 bits per heavy atom. The predicted octanol–water partition coefficient (Wildman–Crippen LogP) is 2.95. The molecule has 6 heteroatoms. The van der Waals surface area contributed by atoms with E-state index in [1.165, 1.54) is 13.3 Å². The quantitative estimate of drug-likeness (QED) is 0.769. The van der Waals surface area contributed by atoms with Crippen molar-refractivity contribution in [2.75, 3.05) is 31.4 Å². The number of pyridine rings is 1. The topological polar surface area (TPSA) is 72.5 Å². The van der Waals surface area contributed by atoms with Crippen molar-refractivity contribution in [1.82, 2.24) is 4.98 Å². The average molecular weight is 313 g/mol. The number of hydrogen-bond donors (Lipinski definition) is 2. The second-order valence-corrected chi connectivity index (χ2v) is 4.62. The van der Waals surface area contributed by atoms with Crippen LogP contribution in [0.5, 0.6) is 11.5 Å². The van der Waals surface area contributed by atoms with Crippen LogP contribution in [0.3, 0.4) is 0 Å². The number of methoxy groups -OCH3 is 2. The molecule has 0 aliphatic rings. The molecule has 23 heavy (non-hydrogen) atoms. The van der Waals surface area contributed by atoms with E-state index in [1.807, 2.05) is 0 Å². The molecule has 0 spiro atoms. The van der Waals surface area contributed by atoms with Crippen LogP contribution in [0.2, 0.25) is 0 Å². The van der Waals surface area contributed by atoms with Crippen molar-refractivity contribution in [1.29, 1.82) is 0 Å². The molecule has 1 heterocycles. The van der Waals surface area contributed by atoms with E-state index < -0.39 is 0 Å². The summed E-state index contributed by atoms with van der Waals surface area (Å²) in [6.45, 7) is 4.23. The van der Waals surface area contributed by atoms with Crippen molar-refractivity contribution in [2.45, 2.75) is 0 Å². The number of anilines is 2. The maximum atomic E-state index is 12.3. The second kappa shape index (κ2) is 7.84. The Balaban J connectivity index is 2.11. The van der Waals surface area contributed by atoms with Gasteiger partial charge in [-0.3, -0.25) is 4.79 Å². The lowest BCUT2D eigenvalue weighted by Gasteiger charge is -2.11. The average Bonchev–Trinajstić information content (AvgIpc) is 2.60. The number of amides is 1. The van der Waals surface area contributed by atoms with E-state index in [0.29, 0.717) is 35.1 Å². The van der Waals surface area contributed by atoms with Gasteiger partial charge in [0.05, 0.1) is 25.5 Å². The molecule has 120 valence electrons. The SMILES string of the molecule is C=CCNc1ccc(C(=O)Nc2ccc(OC)cc2OC)cn1. The highest BCUT2D eigenvalue weighted by Crippen LogP contribution is 2.29. The smallest absolute Gasteiger partial charge is 0.257 e. The summed E-state index contributed by atoms with van der Waals surface area (Å²) in [6.07, 6.45) is 3.25. The van der Waals surface area contributed by atoms with Crippen molar-refractivity contribution >= 4 is 17.4 Å². The highest BCUT2D eigenvalue weighted by atomic mass is 16.5. The van der Waals surface area contributed by atoms with Gasteiger partial charge in [0, 0.05) is 18.8 Å². The molecule has 0 saturated heterocycles. The van der Waals surface area contributed by atoms with E-state index in [-0.39, 0.29) is 5.91 Å². The van der Waals surface area contributed by atoms with Crippen molar-refractivity contribution in [3.05, 3.63) is 54.7 Å². The highest BCUT2D eigenvalue weighted by molar-refractivity contribution is 6.05. The van der Waals surface area contributed by atoms with E-state index in [4.69, 9.17) is 9.47 Å². The number of nitrogens with zero attached hydrogens (tertiary/aromatic N) is 1. The largest absolute Gasteiger partial charge is 0.497 e. The van der Waals surface area contributed by atoms with E-state index in [2.05, 4.69) is 22.2 Å². The fourth-order valence-corrected chi connectivity index (χ4v) is 1.91. The molecule has 0 bridgehead atoms. The number of ether oxygens (including phenoxy) is 2. The Labute approximate surface area is 135 Å². The first-order chi connectivity index (χ1) is 11.2. The summed E-state index contributed by atoms with van der Waals surface area (Å²) in [6, 6.07) is 8.62. The molecule has 0 aliphatic carbocycles. The Morgan fingerprint density at radius 2 is 2.09 bits per heavy atom. The minimum Gasteiger partial charge on any atom is -0.497 e. The van der Waals surface area contributed by atoms with Crippen LogP contribution >= 0.6 is 0 Å². The van der Waals surface area contributed by atoms with Gasteiger partial charge in [0.1, 0.15) is 17.3 Å². The Morgan fingerprint density at radius 1 is 1.26 bits per heavy atom. The van der Waals surface area contributed by atoms with Crippen molar-refractivity contribution in [3.63, 3.8) is 0 Å². The van der Waals surface area contributed by atoms with Gasteiger partial charge < -0.3 is 20.1 Å². The van der Waals surface area contributed by atoms with Gasteiger partial charge in [0.2, 0.25) is 0 Å². The highest BCUT2D eigenvalue weighted by Gasteiger charge is 2.11. The first-order valence-electron chi connectivity index (χ1n) is 7.02. The lowest BCUT2D eigenvalue weighted by atomic mass is 10.2. The third-order valence-corrected chi connectivity index (χ3v) is 3.11. The standard InChI is InChI=1S/C17H19N3O3/c1-4-9-18-16-8-5-12(11-19-16)17(21)20-14-7-6-13(22-2)10-15(14)23-3/h4-8,10-11H,1,9H2,2-3H3,(H,18,19)(H,20,21). The first-order valence-corrected chi connectivity index (χ1v) is 7.02. The Hall–Kier alpha value is -3.02. The van der Waals surface area contributed by atoms with Crippen LogP contribution in [0.4, 0.5) is 11.5 Å². The molecule has 1 aromatic carbocycles. The summed E-state index contributed by atoms with van der Waals surface area (Å²) in [5.74, 6) is 1.59. The van der Waals surface area contributed by atoms with E-state index >= 15 is 0 Å². The molecule has 0 radical (unpaired) electrons. The molecule has 6 nitrogen and oxygen atoms in total. The van der Waals surface area contributed by atoms with E-state index in [9.17, 15) is 4.79 Å². The monoisotopic (exact) mass is 313 g/mol. The number of carbonyl (C=O) groups is 1. The fourth-order valence-electron chi connectivity index (χ4n) is 1.91. The molecule has 0 fully saturated rings. The van der Waals surface area contributed by atoms with Gasteiger partial charge in [0.15, 0.2) is 0 Å². The van der Waals surface area contributed by atoms with Crippen molar-refractivity contribution in [3.8, 4) is 11.5 Å². The number of nitrogens with one attached hydrogen (secondary N) is 2. The van der Waals surface area contributed by atoms with Crippen LogP contribution in [0.25, 0.3) is 0 Å². The van der Waals surface area contributed by atoms with Crippen LogP contribution in [-0.4, -0.2) is 31.7 Å². The first kappa shape index (κ1) is 16.4. The summed E-state index contributed by atoms with van der Waals surface area (Å²) in [5.41, 5.74) is 1.01. The Bertz CT molecular complexity index is 684. The van der Waals surface area contributed by atoms with Gasteiger partial charge in [-0.1, -0.05) is 6.08 Å². The normalized spacial score (nSPS) is 9.83. The lowest BCUT2D eigenvalue weighted by molar-refractivity contribution is 0.102. The molecule has 0 unspecified atom stereocenters. The lowest BCUT2D eigenvalue weighted by Crippen LogP contribution is -2.13. The zero-order chi connectivity index (χ0) is 16.7. The summed E-state index contributed by atoms with van der Waals surface area (Å²) < 4.78 is 10.4. The second-order valence-electron chi connectivity index (χ2n) is 4.62. The number of rotatable bonds is 7. The summed E-state index contributed by atoms with van der Waals surface area (Å²) in [5, 5.41) is 5.84. The van der Waals surface area contributed by atoms with Crippen LogP contribution < -0.4 is 20.1 Å². The fraction of sp³-hybridized carbons (Fsp3) is 0.176. The summed E-state index contributed by atoms with van der Waals surface area (Å²) in [7, 11) is 3.10. The Kier molecular flexibility index (Phi) is 5.57. The predicted molar refractivity (Wildman–Crippen MR) is 90.4 cm³/mol. The van der Waals surface area contributed by atoms with Gasteiger partial charge in [-0.05, 0) is 24.3 Å². The van der Waals surface area contributed by atoms with Gasteiger partial charge >= 0.3 is 0 Å². The number of benzene rings is 1. The number of aromatic nitrogens is 1. The van der Waals surface area contributed by atoms with Crippen LogP contribution in [-0.2, 0) is 0 Å². The van der Waals surface area contributed by atoms with Crippen LogP contribution in [0, 0.1) is 0 Å². The molecule has 2 aromatic rings. The molecule has 2 rings (SSSR count). The maximum absolute atomic E-state index is 12.3. The van der Waals surface area contributed by atoms with Gasteiger partial charge in [-0.15, -0.1) is 6.58 Å². The summed E-state index contributed by atoms with van der Waals surface area (Å²) >= 11 is 0. The van der Waals surface area contributed by atoms with Gasteiger partial charge in [-0.2, -0.15) is 0 Å². The van der Waals surface area contributed by atoms with E-state index in [0.717, 1.165) is 0 Å². The minimum absolute atomic E-state index is 0.267. The molecule has 0 aliphatic heterocycles.